The molecule has 132 valence electrons. The van der Waals surface area contributed by atoms with Crippen LogP contribution in [0, 0.1) is 0 Å². The second-order valence-electron chi connectivity index (χ2n) is 5.21. The van der Waals surface area contributed by atoms with Gasteiger partial charge in [0, 0.05) is 17.5 Å². The summed E-state index contributed by atoms with van der Waals surface area (Å²) in [6, 6.07) is 7.76. The molecule has 0 saturated carbocycles. The largest absolute Gasteiger partial charge is 0.363 e. The SMILES string of the molecule is NC(=O)C(=O)C(Cc1cccs1)NC(=O)c1nsnc1-c1ccccn1. The summed E-state index contributed by atoms with van der Waals surface area (Å²) in [5.74, 6) is -2.59. The Labute approximate surface area is 156 Å². The fraction of sp³-hybridized carbons (Fsp3) is 0.125. The highest BCUT2D eigenvalue weighted by molar-refractivity contribution is 7.09. The zero-order valence-electron chi connectivity index (χ0n) is 13.3. The minimum absolute atomic E-state index is 0.0437. The van der Waals surface area contributed by atoms with E-state index in [1.54, 1.807) is 24.4 Å². The maximum absolute atomic E-state index is 12.6. The molecule has 3 aromatic rings. The first-order valence-corrected chi connectivity index (χ1v) is 9.08. The van der Waals surface area contributed by atoms with Gasteiger partial charge in [-0.1, -0.05) is 12.1 Å². The molecule has 26 heavy (non-hydrogen) atoms. The zero-order chi connectivity index (χ0) is 18.5. The summed E-state index contributed by atoms with van der Waals surface area (Å²) in [5, 5.41) is 4.38. The molecule has 3 rings (SSSR count). The first kappa shape index (κ1) is 17.8. The van der Waals surface area contributed by atoms with Crippen LogP contribution in [0.25, 0.3) is 11.4 Å². The summed E-state index contributed by atoms with van der Waals surface area (Å²) >= 11 is 2.27. The first-order chi connectivity index (χ1) is 12.6. The number of Topliss-reactive ketones (excluding diaryl/α,β-unsaturated/α-hetero) is 1. The summed E-state index contributed by atoms with van der Waals surface area (Å²) < 4.78 is 8.10. The lowest BCUT2D eigenvalue weighted by Crippen LogP contribution is -2.47. The van der Waals surface area contributed by atoms with Crippen LogP contribution < -0.4 is 11.1 Å². The van der Waals surface area contributed by atoms with Gasteiger partial charge in [-0.05, 0) is 23.6 Å². The molecule has 0 radical (unpaired) electrons. The number of amides is 2. The molecule has 0 aliphatic rings. The van der Waals surface area contributed by atoms with Gasteiger partial charge in [0.1, 0.15) is 11.7 Å². The van der Waals surface area contributed by atoms with Crippen molar-refractivity contribution in [3.05, 3.63) is 52.5 Å². The van der Waals surface area contributed by atoms with E-state index in [4.69, 9.17) is 5.73 Å². The molecule has 1 unspecified atom stereocenters. The number of nitrogens with two attached hydrogens (primary N) is 1. The van der Waals surface area contributed by atoms with Crippen LogP contribution in [0.15, 0.2) is 41.9 Å². The molecule has 10 heteroatoms. The lowest BCUT2D eigenvalue weighted by Gasteiger charge is -2.15. The molecule has 8 nitrogen and oxygen atoms in total. The number of hydrogen-bond donors (Lipinski definition) is 2. The molecular formula is C16H13N5O3S2. The number of aromatic nitrogens is 3. The van der Waals surface area contributed by atoms with Crippen molar-refractivity contribution < 1.29 is 14.4 Å². The van der Waals surface area contributed by atoms with Gasteiger partial charge in [0.05, 0.1) is 17.4 Å². The fourth-order valence-electron chi connectivity index (χ4n) is 2.25. The smallest absolute Gasteiger partial charge is 0.287 e. The van der Waals surface area contributed by atoms with Crippen molar-refractivity contribution in [1.82, 2.24) is 19.0 Å². The number of rotatable bonds is 7. The molecule has 0 bridgehead atoms. The third-order valence-corrected chi connectivity index (χ3v) is 4.89. The van der Waals surface area contributed by atoms with Crippen LogP contribution in [0.2, 0.25) is 0 Å². The van der Waals surface area contributed by atoms with E-state index in [-0.39, 0.29) is 12.1 Å². The predicted molar refractivity (Wildman–Crippen MR) is 96.6 cm³/mol. The first-order valence-electron chi connectivity index (χ1n) is 7.47. The van der Waals surface area contributed by atoms with E-state index in [0.717, 1.165) is 16.6 Å². The Morgan fingerprint density at radius 3 is 2.65 bits per heavy atom. The van der Waals surface area contributed by atoms with E-state index in [1.807, 2.05) is 17.5 Å². The zero-order valence-corrected chi connectivity index (χ0v) is 14.9. The predicted octanol–water partition coefficient (Wildman–Crippen LogP) is 1.06. The van der Waals surface area contributed by atoms with Crippen LogP contribution in [0.3, 0.4) is 0 Å². The molecule has 2 amide bonds. The van der Waals surface area contributed by atoms with Crippen molar-refractivity contribution in [3.63, 3.8) is 0 Å². The van der Waals surface area contributed by atoms with Crippen LogP contribution in [-0.2, 0) is 16.0 Å². The van der Waals surface area contributed by atoms with Gasteiger partial charge in [-0.15, -0.1) is 11.3 Å². The Hall–Kier alpha value is -2.98. The second kappa shape index (κ2) is 7.93. The molecule has 3 aromatic heterocycles. The molecule has 0 aromatic carbocycles. The van der Waals surface area contributed by atoms with Gasteiger partial charge in [-0.2, -0.15) is 8.75 Å². The highest BCUT2D eigenvalue weighted by Crippen LogP contribution is 2.20. The van der Waals surface area contributed by atoms with Crippen molar-refractivity contribution in [2.24, 2.45) is 5.73 Å². The summed E-state index contributed by atoms with van der Waals surface area (Å²) in [6.07, 6.45) is 1.74. The van der Waals surface area contributed by atoms with Gasteiger partial charge in [-0.3, -0.25) is 19.4 Å². The van der Waals surface area contributed by atoms with Crippen LogP contribution in [0.1, 0.15) is 15.4 Å². The number of nitrogens with one attached hydrogen (secondary N) is 1. The van der Waals surface area contributed by atoms with Crippen LogP contribution in [0.5, 0.6) is 0 Å². The number of pyridine rings is 1. The van der Waals surface area contributed by atoms with Gasteiger partial charge in [0.15, 0.2) is 5.69 Å². The Bertz CT molecular complexity index is 925. The maximum atomic E-state index is 12.6. The molecule has 1 atom stereocenters. The third-order valence-electron chi connectivity index (χ3n) is 3.46. The van der Waals surface area contributed by atoms with Gasteiger partial charge < -0.3 is 11.1 Å². The van der Waals surface area contributed by atoms with Gasteiger partial charge in [0.25, 0.3) is 11.8 Å². The van der Waals surface area contributed by atoms with Crippen molar-refractivity contribution in [1.29, 1.82) is 0 Å². The standard InChI is InChI=1S/C16H13N5O3S2/c17-15(23)14(22)11(8-9-4-3-7-25-9)19-16(24)13-12(20-26-21-13)10-5-1-2-6-18-10/h1-7,11H,8H2,(H2,17,23)(H,19,24). The van der Waals surface area contributed by atoms with Gasteiger partial charge in [0.2, 0.25) is 5.78 Å². The average molecular weight is 387 g/mol. The molecule has 0 saturated heterocycles. The number of hydrogen-bond acceptors (Lipinski definition) is 8. The van der Waals surface area contributed by atoms with E-state index in [9.17, 15) is 14.4 Å². The lowest BCUT2D eigenvalue weighted by molar-refractivity contribution is -0.137. The van der Waals surface area contributed by atoms with Crippen LogP contribution in [-0.4, -0.2) is 37.4 Å². The Kier molecular flexibility index (Phi) is 5.44. The number of carbonyl (C=O) groups excluding carboxylic acids is 3. The molecule has 0 aliphatic carbocycles. The summed E-state index contributed by atoms with van der Waals surface area (Å²) in [6.45, 7) is 0. The molecule has 0 aliphatic heterocycles. The maximum Gasteiger partial charge on any atom is 0.287 e. The quantitative estimate of drug-likeness (QED) is 0.583. The number of ketones is 1. The van der Waals surface area contributed by atoms with Gasteiger partial charge >= 0.3 is 0 Å². The number of nitrogens with zero attached hydrogens (tertiary/aromatic N) is 3. The monoisotopic (exact) mass is 387 g/mol. The van der Waals surface area contributed by atoms with Crippen molar-refractivity contribution in [2.45, 2.75) is 12.5 Å². The van der Waals surface area contributed by atoms with Crippen molar-refractivity contribution in [3.8, 4) is 11.4 Å². The van der Waals surface area contributed by atoms with Crippen molar-refractivity contribution >= 4 is 40.7 Å². The van der Waals surface area contributed by atoms with E-state index in [1.165, 1.54) is 11.3 Å². The lowest BCUT2D eigenvalue weighted by atomic mass is 10.1. The second-order valence-corrected chi connectivity index (χ2v) is 6.78. The highest BCUT2D eigenvalue weighted by atomic mass is 32.1. The minimum Gasteiger partial charge on any atom is -0.363 e. The number of thiophene rings is 1. The van der Waals surface area contributed by atoms with E-state index in [2.05, 4.69) is 19.0 Å². The van der Waals surface area contributed by atoms with E-state index < -0.39 is 23.6 Å². The topological polar surface area (TPSA) is 128 Å². The van der Waals surface area contributed by atoms with E-state index in [0.29, 0.717) is 11.4 Å². The summed E-state index contributed by atoms with van der Waals surface area (Å²) in [5.41, 5.74) is 5.96. The fourth-order valence-corrected chi connectivity index (χ4v) is 3.55. The van der Waals surface area contributed by atoms with E-state index >= 15 is 0 Å². The third kappa shape index (κ3) is 3.98. The molecule has 0 fully saturated rings. The minimum atomic E-state index is -1.10. The summed E-state index contributed by atoms with van der Waals surface area (Å²) in [7, 11) is 0. The Morgan fingerprint density at radius 1 is 1.15 bits per heavy atom. The van der Waals surface area contributed by atoms with Crippen LogP contribution in [0.4, 0.5) is 0 Å². The number of carbonyl (C=O) groups is 3. The Morgan fingerprint density at radius 2 is 2.00 bits per heavy atom. The van der Waals surface area contributed by atoms with Crippen molar-refractivity contribution in [2.75, 3.05) is 0 Å². The molecule has 0 spiro atoms. The normalized spacial score (nSPS) is 11.7. The van der Waals surface area contributed by atoms with Crippen LogP contribution >= 0.6 is 23.1 Å². The molecular weight excluding hydrogens is 374 g/mol. The molecule has 3 heterocycles. The number of primary amides is 1. The molecule has 3 N–H and O–H groups in total. The highest BCUT2D eigenvalue weighted by Gasteiger charge is 2.28. The Balaban J connectivity index is 1.83. The summed E-state index contributed by atoms with van der Waals surface area (Å²) in [4.78, 5) is 41.0. The average Bonchev–Trinajstić information content (AvgIpc) is 3.32. The van der Waals surface area contributed by atoms with Gasteiger partial charge in [-0.25, -0.2) is 0 Å².